The Bertz CT molecular complexity index is 1230. The van der Waals surface area contributed by atoms with Crippen molar-refractivity contribution in [2.45, 2.75) is 38.9 Å². The molecule has 3 heterocycles. The van der Waals surface area contributed by atoms with Crippen LogP contribution in [0.15, 0.2) is 71.1 Å². The van der Waals surface area contributed by atoms with E-state index in [0.29, 0.717) is 31.6 Å². The maximum Gasteiger partial charge on any atom is 0.269 e. The Labute approximate surface area is 208 Å². The van der Waals surface area contributed by atoms with Crippen LogP contribution in [0.4, 0.5) is 11.4 Å². The summed E-state index contributed by atoms with van der Waals surface area (Å²) in [5, 5.41) is 9.39. The third-order valence-electron chi connectivity index (χ3n) is 5.87. The Morgan fingerprint density at radius 2 is 1.89 bits per heavy atom. The van der Waals surface area contributed by atoms with Crippen molar-refractivity contribution in [3.63, 3.8) is 0 Å². The zero-order valence-corrected chi connectivity index (χ0v) is 20.3. The lowest BCUT2D eigenvalue weighted by Gasteiger charge is -2.39. The Balaban J connectivity index is 1.14. The Morgan fingerprint density at radius 3 is 2.66 bits per heavy atom. The predicted octanol–water partition coefficient (Wildman–Crippen LogP) is 5.22. The molecule has 0 radical (unpaired) electrons. The highest BCUT2D eigenvalue weighted by Crippen LogP contribution is 2.37. The lowest BCUT2D eigenvalue weighted by atomic mass is 10.1. The number of hydrogen-bond donors (Lipinski definition) is 2. The number of carbonyl (C=O) groups excluding carboxylic acids is 2. The second-order valence-corrected chi connectivity index (χ2v) is 9.29. The van der Waals surface area contributed by atoms with Crippen molar-refractivity contribution in [3.05, 3.63) is 70.9 Å². The molecule has 2 aliphatic rings. The van der Waals surface area contributed by atoms with E-state index in [1.807, 2.05) is 70.9 Å². The Morgan fingerprint density at radius 1 is 1.11 bits per heavy atom. The van der Waals surface area contributed by atoms with Gasteiger partial charge < -0.3 is 10.1 Å². The molecule has 1 aromatic heterocycles. The van der Waals surface area contributed by atoms with E-state index in [1.165, 1.54) is 11.3 Å². The first-order chi connectivity index (χ1) is 17.1. The molecule has 9 heteroatoms. The molecule has 1 unspecified atom stereocenters. The van der Waals surface area contributed by atoms with Crippen molar-refractivity contribution in [1.82, 2.24) is 10.3 Å². The molecule has 0 spiro atoms. The van der Waals surface area contributed by atoms with E-state index in [9.17, 15) is 9.59 Å². The third-order valence-corrected chi connectivity index (χ3v) is 6.76. The molecule has 3 aromatic rings. The number of para-hydroxylation sites is 1. The summed E-state index contributed by atoms with van der Waals surface area (Å²) >= 11 is 1.46. The monoisotopic (exact) mass is 489 g/mol. The highest BCUT2D eigenvalue weighted by molar-refractivity contribution is 7.12. The van der Waals surface area contributed by atoms with Crippen LogP contribution in [0.2, 0.25) is 0 Å². The minimum absolute atomic E-state index is 0.0432. The van der Waals surface area contributed by atoms with Crippen LogP contribution in [0, 0.1) is 0 Å². The zero-order valence-electron chi connectivity index (χ0n) is 19.4. The summed E-state index contributed by atoms with van der Waals surface area (Å²) in [5.74, 6) is 2.31. The molecule has 2 aliphatic heterocycles. The van der Waals surface area contributed by atoms with E-state index in [2.05, 4.69) is 27.7 Å². The molecule has 35 heavy (non-hydrogen) atoms. The number of benzene rings is 2. The maximum absolute atomic E-state index is 12.9. The van der Waals surface area contributed by atoms with Gasteiger partial charge in [0.2, 0.25) is 12.2 Å². The number of carbonyl (C=O) groups is 2. The van der Waals surface area contributed by atoms with Gasteiger partial charge in [0, 0.05) is 25.1 Å². The minimum Gasteiger partial charge on any atom is -0.457 e. The molecule has 5 rings (SSSR count). The van der Waals surface area contributed by atoms with Crippen molar-refractivity contribution >= 4 is 40.4 Å². The molecule has 2 N–H and O–H groups in total. The van der Waals surface area contributed by atoms with Gasteiger partial charge in [0.15, 0.2) is 0 Å². The molecule has 0 saturated carbocycles. The Kier molecular flexibility index (Phi) is 6.67. The summed E-state index contributed by atoms with van der Waals surface area (Å²) in [5.41, 5.74) is 4.73. The van der Waals surface area contributed by atoms with Crippen molar-refractivity contribution in [1.29, 1.82) is 0 Å². The van der Waals surface area contributed by atoms with Gasteiger partial charge >= 0.3 is 0 Å². The van der Waals surface area contributed by atoms with Crippen molar-refractivity contribution in [3.8, 4) is 11.5 Å². The van der Waals surface area contributed by atoms with Gasteiger partial charge in [0.25, 0.3) is 5.91 Å². The quantitative estimate of drug-likeness (QED) is 0.430. The van der Waals surface area contributed by atoms with E-state index in [0.717, 1.165) is 34.3 Å². The van der Waals surface area contributed by atoms with Gasteiger partial charge in [-0.3, -0.25) is 24.8 Å². The number of fused-ring (bicyclic) bond motifs is 3. The lowest BCUT2D eigenvalue weighted by molar-refractivity contribution is -0.116. The smallest absolute Gasteiger partial charge is 0.269 e. The van der Waals surface area contributed by atoms with Gasteiger partial charge in [-0.15, -0.1) is 11.3 Å². The normalized spacial score (nSPS) is 16.3. The minimum atomic E-state index is -0.301. The van der Waals surface area contributed by atoms with Gasteiger partial charge in [-0.25, -0.2) is 0 Å². The fourth-order valence-corrected chi connectivity index (χ4v) is 5.10. The van der Waals surface area contributed by atoms with Gasteiger partial charge in [0.1, 0.15) is 22.2 Å². The van der Waals surface area contributed by atoms with Gasteiger partial charge in [0.05, 0.1) is 5.69 Å². The van der Waals surface area contributed by atoms with Crippen LogP contribution in [0.5, 0.6) is 11.5 Å². The molecule has 0 fully saturated rings. The summed E-state index contributed by atoms with van der Waals surface area (Å²) in [4.78, 5) is 30.0. The first kappa shape index (κ1) is 22.9. The summed E-state index contributed by atoms with van der Waals surface area (Å²) in [6.45, 7) is 2.71. The number of rotatable bonds is 9. The SMILES string of the molecule is CCCN1C(=O)c2sccc2N2C(CCCC(=O)Nc3ccc(Oc4ccccc4)cc3)=NNC12. The topological polar surface area (TPSA) is 86.3 Å². The van der Waals surface area contributed by atoms with Crippen LogP contribution in [0.3, 0.4) is 0 Å². The third kappa shape index (κ3) is 4.85. The van der Waals surface area contributed by atoms with Crippen molar-refractivity contribution < 1.29 is 14.3 Å². The van der Waals surface area contributed by atoms with E-state index >= 15 is 0 Å². The van der Waals surface area contributed by atoms with E-state index < -0.39 is 0 Å². The summed E-state index contributed by atoms with van der Waals surface area (Å²) in [6, 6.07) is 18.9. The van der Waals surface area contributed by atoms with Crippen molar-refractivity contribution in [2.75, 3.05) is 16.8 Å². The van der Waals surface area contributed by atoms with Crippen LogP contribution in [-0.2, 0) is 4.79 Å². The second kappa shape index (κ2) is 10.2. The van der Waals surface area contributed by atoms with Crippen LogP contribution in [-0.4, -0.2) is 35.4 Å². The molecule has 0 aliphatic carbocycles. The van der Waals surface area contributed by atoms with Crippen molar-refractivity contribution in [2.24, 2.45) is 5.10 Å². The highest BCUT2D eigenvalue weighted by Gasteiger charge is 2.42. The largest absolute Gasteiger partial charge is 0.457 e. The molecular formula is C26H27N5O3S. The first-order valence-corrected chi connectivity index (χ1v) is 12.6. The average molecular weight is 490 g/mol. The van der Waals surface area contributed by atoms with Gasteiger partial charge in [-0.2, -0.15) is 5.10 Å². The molecular weight excluding hydrogens is 462 g/mol. The number of anilines is 2. The maximum atomic E-state index is 12.9. The molecule has 2 aromatic carbocycles. The number of amides is 2. The number of amidine groups is 1. The molecule has 180 valence electrons. The van der Waals surface area contributed by atoms with Crippen LogP contribution >= 0.6 is 11.3 Å². The molecule has 8 nitrogen and oxygen atoms in total. The van der Waals surface area contributed by atoms with Gasteiger partial charge in [-0.05, 0) is 60.7 Å². The van der Waals surface area contributed by atoms with Gasteiger partial charge in [-0.1, -0.05) is 25.1 Å². The molecule has 0 bridgehead atoms. The van der Waals surface area contributed by atoms with E-state index in [1.54, 1.807) is 0 Å². The fraction of sp³-hybridized carbons (Fsp3) is 0.269. The fourth-order valence-electron chi connectivity index (χ4n) is 4.26. The number of nitrogens with zero attached hydrogens (tertiary/aromatic N) is 3. The summed E-state index contributed by atoms with van der Waals surface area (Å²) in [6.07, 6.45) is 2.21. The average Bonchev–Trinajstić information content (AvgIpc) is 3.51. The lowest BCUT2D eigenvalue weighted by Crippen LogP contribution is -2.58. The highest BCUT2D eigenvalue weighted by atomic mass is 32.1. The zero-order chi connectivity index (χ0) is 24.2. The number of nitrogens with one attached hydrogen (secondary N) is 2. The van der Waals surface area contributed by atoms with Crippen LogP contribution in [0.25, 0.3) is 0 Å². The number of ether oxygens (including phenoxy) is 1. The van der Waals surface area contributed by atoms with E-state index in [4.69, 9.17) is 4.74 Å². The standard InChI is InChI=1S/C26H27N5O3S/c1-2-16-30-25(33)24-21(15-17-35-24)31-22(28-29-26(30)31)9-6-10-23(32)27-18-11-13-20(14-12-18)34-19-7-4-3-5-8-19/h3-5,7-8,11-15,17,26,29H,2,6,9-10,16H2,1H3,(H,27,32). The van der Waals surface area contributed by atoms with E-state index in [-0.39, 0.29) is 18.1 Å². The van der Waals surface area contributed by atoms with Crippen LogP contribution < -0.4 is 20.4 Å². The molecule has 0 saturated heterocycles. The molecule has 1 atom stereocenters. The number of hydrazone groups is 1. The number of thiophene rings is 1. The second-order valence-electron chi connectivity index (χ2n) is 8.38. The summed E-state index contributed by atoms with van der Waals surface area (Å²) < 4.78 is 5.79. The molecule has 2 amide bonds. The summed E-state index contributed by atoms with van der Waals surface area (Å²) in [7, 11) is 0. The first-order valence-electron chi connectivity index (χ1n) is 11.8. The predicted molar refractivity (Wildman–Crippen MR) is 138 cm³/mol. The number of hydrogen-bond acceptors (Lipinski definition) is 7. The Hall–Kier alpha value is -3.85. The van der Waals surface area contributed by atoms with Crippen LogP contribution in [0.1, 0.15) is 42.3 Å².